The molecule has 4 fully saturated rings. The molecule has 0 saturated heterocycles. The Morgan fingerprint density at radius 3 is 2.57 bits per heavy atom. The van der Waals surface area contributed by atoms with Crippen molar-refractivity contribution in [1.82, 2.24) is 0 Å². The van der Waals surface area contributed by atoms with Crippen LogP contribution in [0.1, 0.15) is 91.4 Å². The van der Waals surface area contributed by atoms with Gasteiger partial charge in [0.25, 0.3) is 0 Å². The van der Waals surface area contributed by atoms with E-state index in [1.54, 1.807) is 12.5 Å². The van der Waals surface area contributed by atoms with E-state index in [-0.39, 0.29) is 23.0 Å². The second-order valence-electron chi connectivity index (χ2n) is 11.8. The van der Waals surface area contributed by atoms with Crippen LogP contribution < -0.4 is 0 Å². The molecule has 0 radical (unpaired) electrons. The molecule has 30 heavy (non-hydrogen) atoms. The molecule has 0 N–H and O–H groups in total. The number of nitriles is 1. The number of hydrogen-bond donors (Lipinski definition) is 0. The largest absolute Gasteiger partial charge is 0.375 e. The zero-order chi connectivity index (χ0) is 21.1. The van der Waals surface area contributed by atoms with E-state index in [2.05, 4.69) is 26.0 Å². The van der Waals surface area contributed by atoms with Crippen LogP contribution in [0.25, 0.3) is 0 Å². The standard InChI is InChI=1S/C27H39NO2/c1-17(29)25-18(16-28)14-24-22-9-8-19-15-21(30-20-6-4-5-7-20)10-12-26(19,2)23(22)11-13-27(24,25)3/h8,18,20-25H,4-7,9-15H2,1-3H3/t18?,21?,22-,23+,24+,25+,26+,27+/m1/s1. The molecule has 0 heterocycles. The molecule has 0 bridgehead atoms. The Balaban J connectivity index is 1.37. The van der Waals surface area contributed by atoms with E-state index < -0.39 is 0 Å². The third-order valence-corrected chi connectivity index (χ3v) is 10.4. The first-order valence-corrected chi connectivity index (χ1v) is 12.6. The van der Waals surface area contributed by atoms with Crippen molar-refractivity contribution in [2.75, 3.05) is 0 Å². The average Bonchev–Trinajstić information content (AvgIpc) is 3.32. The van der Waals surface area contributed by atoms with Crippen LogP contribution >= 0.6 is 0 Å². The molecule has 0 amide bonds. The van der Waals surface area contributed by atoms with Crippen molar-refractivity contribution in [3.8, 4) is 6.07 Å². The molecule has 5 rings (SSSR count). The quantitative estimate of drug-likeness (QED) is 0.519. The van der Waals surface area contributed by atoms with E-state index in [1.165, 1.54) is 44.9 Å². The third kappa shape index (κ3) is 3.04. The van der Waals surface area contributed by atoms with Crippen molar-refractivity contribution in [1.29, 1.82) is 5.26 Å². The maximum Gasteiger partial charge on any atom is 0.134 e. The number of rotatable bonds is 3. The first kappa shape index (κ1) is 20.7. The van der Waals surface area contributed by atoms with Crippen LogP contribution in [0.4, 0.5) is 0 Å². The van der Waals surface area contributed by atoms with Crippen LogP contribution in [-0.4, -0.2) is 18.0 Å². The topological polar surface area (TPSA) is 50.1 Å². The van der Waals surface area contributed by atoms with Crippen molar-refractivity contribution >= 4 is 5.78 Å². The monoisotopic (exact) mass is 409 g/mol. The summed E-state index contributed by atoms with van der Waals surface area (Å²) in [5.41, 5.74) is 1.99. The Bertz CT molecular complexity index is 774. The highest BCUT2D eigenvalue weighted by Gasteiger charge is 2.62. The molecule has 164 valence electrons. The van der Waals surface area contributed by atoms with E-state index in [0.717, 1.165) is 25.7 Å². The first-order chi connectivity index (χ1) is 14.4. The summed E-state index contributed by atoms with van der Waals surface area (Å²) in [6.07, 6.45) is 16.7. The number of fused-ring (bicyclic) bond motifs is 5. The minimum Gasteiger partial charge on any atom is -0.375 e. The normalized spacial score (nSPS) is 48.3. The maximum atomic E-state index is 12.5. The number of Topliss-reactive ketones (excluding diaryl/α,β-unsaturated/α-hetero) is 1. The first-order valence-electron chi connectivity index (χ1n) is 12.6. The summed E-state index contributed by atoms with van der Waals surface area (Å²) < 4.78 is 6.52. The lowest BCUT2D eigenvalue weighted by Gasteiger charge is -2.58. The smallest absolute Gasteiger partial charge is 0.134 e. The summed E-state index contributed by atoms with van der Waals surface area (Å²) in [6.45, 7) is 6.59. The lowest BCUT2D eigenvalue weighted by molar-refractivity contribution is -0.128. The number of nitrogens with zero attached hydrogens (tertiary/aromatic N) is 1. The van der Waals surface area contributed by atoms with Gasteiger partial charge in [-0.05, 0) is 93.3 Å². The van der Waals surface area contributed by atoms with Crippen LogP contribution in [0.3, 0.4) is 0 Å². The van der Waals surface area contributed by atoms with Gasteiger partial charge in [-0.3, -0.25) is 4.79 Å². The molecule has 0 aromatic carbocycles. The fraction of sp³-hybridized carbons (Fsp3) is 0.852. The summed E-state index contributed by atoms with van der Waals surface area (Å²) in [6, 6.07) is 2.53. The molecule has 0 aromatic rings. The second kappa shape index (κ2) is 7.47. The van der Waals surface area contributed by atoms with Crippen molar-refractivity contribution in [2.45, 2.75) is 104 Å². The van der Waals surface area contributed by atoms with E-state index in [1.807, 2.05) is 0 Å². The van der Waals surface area contributed by atoms with Gasteiger partial charge in [0, 0.05) is 5.92 Å². The zero-order valence-corrected chi connectivity index (χ0v) is 19.2. The molecular weight excluding hydrogens is 370 g/mol. The van der Waals surface area contributed by atoms with Crippen molar-refractivity contribution < 1.29 is 9.53 Å². The predicted molar refractivity (Wildman–Crippen MR) is 117 cm³/mol. The van der Waals surface area contributed by atoms with Crippen LogP contribution in [0.2, 0.25) is 0 Å². The molecule has 0 spiro atoms. The van der Waals surface area contributed by atoms with Gasteiger partial charge in [-0.25, -0.2) is 0 Å². The highest BCUT2D eigenvalue weighted by Crippen LogP contribution is 2.67. The molecule has 8 atom stereocenters. The summed E-state index contributed by atoms with van der Waals surface area (Å²) in [5, 5.41) is 9.80. The van der Waals surface area contributed by atoms with Gasteiger partial charge >= 0.3 is 0 Å². The van der Waals surface area contributed by atoms with Crippen LogP contribution in [0.5, 0.6) is 0 Å². The van der Waals surface area contributed by atoms with Crippen molar-refractivity contribution in [3.05, 3.63) is 11.6 Å². The minimum absolute atomic E-state index is 0.0257. The number of ether oxygens (including phenoxy) is 1. The van der Waals surface area contributed by atoms with Gasteiger partial charge in [0.2, 0.25) is 0 Å². The van der Waals surface area contributed by atoms with Crippen LogP contribution in [0, 0.1) is 51.8 Å². The Hall–Kier alpha value is -1.14. The van der Waals surface area contributed by atoms with Gasteiger partial charge in [0.1, 0.15) is 5.78 Å². The number of allylic oxidation sites excluding steroid dienone is 1. The third-order valence-electron chi connectivity index (χ3n) is 10.4. The minimum atomic E-state index is -0.0787. The highest BCUT2D eigenvalue weighted by atomic mass is 16.5. The van der Waals surface area contributed by atoms with E-state index in [4.69, 9.17) is 4.74 Å². The van der Waals surface area contributed by atoms with Crippen LogP contribution in [0.15, 0.2) is 11.6 Å². The van der Waals surface area contributed by atoms with Gasteiger partial charge in [-0.2, -0.15) is 5.26 Å². The lowest BCUT2D eigenvalue weighted by atomic mass is 9.47. The van der Waals surface area contributed by atoms with Gasteiger partial charge in [-0.1, -0.05) is 38.3 Å². The molecule has 4 saturated carbocycles. The Labute approximate surface area is 182 Å². The number of hydrogen-bond acceptors (Lipinski definition) is 3. The van der Waals surface area contributed by atoms with Gasteiger partial charge in [0.15, 0.2) is 0 Å². The van der Waals surface area contributed by atoms with E-state index in [0.29, 0.717) is 35.4 Å². The summed E-state index contributed by atoms with van der Waals surface area (Å²) in [4.78, 5) is 12.5. The second-order valence-corrected chi connectivity index (χ2v) is 11.8. The molecule has 0 aliphatic heterocycles. The average molecular weight is 410 g/mol. The zero-order valence-electron chi connectivity index (χ0n) is 19.2. The summed E-state index contributed by atoms with van der Waals surface area (Å²) in [5.74, 6) is 2.00. The number of ketones is 1. The van der Waals surface area contributed by atoms with Gasteiger partial charge in [-0.15, -0.1) is 0 Å². The molecule has 3 heteroatoms. The highest BCUT2D eigenvalue weighted by molar-refractivity contribution is 5.80. The van der Waals surface area contributed by atoms with E-state index in [9.17, 15) is 10.1 Å². The fourth-order valence-electron chi connectivity index (χ4n) is 8.96. The van der Waals surface area contributed by atoms with Gasteiger partial charge in [0.05, 0.1) is 24.2 Å². The Kier molecular flexibility index (Phi) is 5.17. The van der Waals surface area contributed by atoms with E-state index >= 15 is 0 Å². The molecule has 5 aliphatic rings. The predicted octanol–water partition coefficient (Wildman–Crippen LogP) is 6.23. The summed E-state index contributed by atoms with van der Waals surface area (Å²) in [7, 11) is 0. The molecule has 2 unspecified atom stereocenters. The molecular formula is C27H39NO2. The van der Waals surface area contributed by atoms with Gasteiger partial charge < -0.3 is 4.74 Å². The lowest BCUT2D eigenvalue weighted by Crippen LogP contribution is -2.51. The molecule has 5 aliphatic carbocycles. The van der Waals surface area contributed by atoms with Crippen LogP contribution in [-0.2, 0) is 9.53 Å². The number of carbonyl (C=O) groups is 1. The Morgan fingerprint density at radius 2 is 1.87 bits per heavy atom. The fourth-order valence-corrected chi connectivity index (χ4v) is 8.96. The SMILES string of the molecule is CC(=O)[C@H]1C(C#N)C[C@H]2[C@@H]3CC=C4CC(OC5CCCC5)CC[C@]4(C)[C@H]3CC[C@]12C. The molecule has 3 nitrogen and oxygen atoms in total. The van der Waals surface area contributed by atoms with Crippen molar-refractivity contribution in [3.63, 3.8) is 0 Å². The number of carbonyl (C=O) groups excluding carboxylic acids is 1. The maximum absolute atomic E-state index is 12.5. The Morgan fingerprint density at radius 1 is 1.10 bits per heavy atom. The summed E-state index contributed by atoms with van der Waals surface area (Å²) >= 11 is 0. The molecule has 0 aromatic heterocycles. The van der Waals surface area contributed by atoms with Crippen molar-refractivity contribution in [2.24, 2.45) is 40.4 Å².